The van der Waals surface area contributed by atoms with Gasteiger partial charge in [0.05, 0.1) is 24.4 Å². The summed E-state index contributed by atoms with van der Waals surface area (Å²) in [5, 5.41) is 19.0. The number of hydrogen-bond acceptors (Lipinski definition) is 5. The lowest BCUT2D eigenvalue weighted by molar-refractivity contribution is -0.161. The number of fused-ring (bicyclic) bond motifs is 1. The number of nitrogens with two attached hydrogens (primary N) is 1. The second kappa shape index (κ2) is 6.48. The quantitative estimate of drug-likeness (QED) is 0.256. The lowest BCUT2D eigenvalue weighted by Crippen LogP contribution is -2.61. The van der Waals surface area contributed by atoms with Gasteiger partial charge in [0.2, 0.25) is 5.91 Å². The molecular weight excluding hydrogens is 294 g/mol. The van der Waals surface area contributed by atoms with Gasteiger partial charge in [0.15, 0.2) is 0 Å². The first kappa shape index (κ1) is 15.8. The van der Waals surface area contributed by atoms with E-state index in [1.165, 1.54) is 11.2 Å². The molecule has 1 amide bonds. The van der Waals surface area contributed by atoms with Gasteiger partial charge in [-0.05, 0) is 18.9 Å². The van der Waals surface area contributed by atoms with E-state index in [-0.39, 0.29) is 17.6 Å². The first-order chi connectivity index (χ1) is 9.99. The van der Waals surface area contributed by atoms with Crippen LogP contribution < -0.4 is 5.73 Å². The van der Waals surface area contributed by atoms with Gasteiger partial charge in [0.25, 0.3) is 0 Å². The topological polar surface area (TPSA) is 116 Å². The number of aliphatic hydroxyl groups excluding tert-OH is 1. The molecule has 2 aliphatic heterocycles. The number of carboxylic acids is 1. The predicted molar refractivity (Wildman–Crippen MR) is 80.0 cm³/mol. The van der Waals surface area contributed by atoms with Crippen LogP contribution in [0.4, 0.5) is 0 Å². The number of rotatable bonds is 7. The third kappa shape index (κ3) is 2.91. The van der Waals surface area contributed by atoms with Gasteiger partial charge >= 0.3 is 5.97 Å². The third-order valence-corrected chi connectivity index (χ3v) is 4.79. The minimum atomic E-state index is -1.08. The first-order valence-corrected chi connectivity index (χ1v) is 7.88. The molecule has 0 aromatic carbocycles. The maximum Gasteiger partial charge on any atom is 0.352 e. The van der Waals surface area contributed by atoms with Gasteiger partial charge in [-0.2, -0.15) is 11.8 Å². The molecule has 2 heterocycles. The molecule has 0 radical (unpaired) electrons. The van der Waals surface area contributed by atoms with E-state index in [4.69, 9.17) is 5.73 Å². The van der Waals surface area contributed by atoms with E-state index in [2.05, 4.69) is 4.99 Å². The van der Waals surface area contributed by atoms with Gasteiger partial charge in [-0.15, -0.1) is 0 Å². The highest BCUT2D eigenvalue weighted by Gasteiger charge is 2.56. The summed E-state index contributed by atoms with van der Waals surface area (Å²) in [4.78, 5) is 28.6. The largest absolute Gasteiger partial charge is 0.477 e. The molecule has 1 fully saturated rings. The molecule has 116 valence electrons. The lowest BCUT2D eigenvalue weighted by Gasteiger charge is -2.44. The van der Waals surface area contributed by atoms with Crippen LogP contribution in [-0.4, -0.2) is 63.5 Å². The highest BCUT2D eigenvalue weighted by molar-refractivity contribution is 7.99. The van der Waals surface area contributed by atoms with Crippen LogP contribution in [0.15, 0.2) is 16.3 Å². The Hall–Kier alpha value is -1.54. The van der Waals surface area contributed by atoms with Crippen molar-refractivity contribution in [1.29, 1.82) is 0 Å². The molecule has 8 heteroatoms. The second-order valence-electron chi connectivity index (χ2n) is 5.11. The lowest BCUT2D eigenvalue weighted by atomic mass is 9.83. The molecule has 2 aliphatic rings. The summed E-state index contributed by atoms with van der Waals surface area (Å²) in [6.07, 6.45) is 1.02. The van der Waals surface area contributed by atoms with Gasteiger partial charge in [-0.3, -0.25) is 9.79 Å². The van der Waals surface area contributed by atoms with Gasteiger partial charge in [-0.25, -0.2) is 4.79 Å². The molecule has 4 N–H and O–H groups in total. The van der Waals surface area contributed by atoms with E-state index in [0.29, 0.717) is 18.7 Å². The zero-order chi connectivity index (χ0) is 15.6. The van der Waals surface area contributed by atoms with E-state index in [0.717, 1.165) is 11.3 Å². The average Bonchev–Trinajstić information content (AvgIpc) is 2.72. The molecule has 1 saturated heterocycles. The van der Waals surface area contributed by atoms with E-state index in [9.17, 15) is 19.8 Å². The van der Waals surface area contributed by atoms with Crippen LogP contribution in [-0.2, 0) is 9.59 Å². The van der Waals surface area contributed by atoms with Crippen LogP contribution in [0.5, 0.6) is 0 Å². The normalized spacial score (nSPS) is 26.2. The van der Waals surface area contributed by atoms with Crippen molar-refractivity contribution < 1.29 is 19.8 Å². The molecule has 7 nitrogen and oxygen atoms in total. The minimum absolute atomic E-state index is 0.0942. The molecular formula is C13H19N3O4S. The van der Waals surface area contributed by atoms with E-state index in [1.54, 1.807) is 18.7 Å². The summed E-state index contributed by atoms with van der Waals surface area (Å²) in [5.41, 5.74) is 5.99. The van der Waals surface area contributed by atoms with Crippen molar-refractivity contribution in [2.75, 3.05) is 18.1 Å². The molecule has 0 aromatic heterocycles. The smallest absolute Gasteiger partial charge is 0.352 e. The molecule has 0 bridgehead atoms. The molecule has 0 aromatic rings. The second-order valence-corrected chi connectivity index (χ2v) is 6.22. The Morgan fingerprint density at radius 1 is 1.67 bits per heavy atom. The minimum Gasteiger partial charge on any atom is -0.477 e. The standard InChI is InChI=1S/C13H19N3O4S/c1-7(17)10-9-4-8(5-21-3-2-15-6-14)11(13(19)20)16(9)12(10)18/h6-7,9-10,17H,2-5H2,1H3,(H2,14,15)(H,19,20)/t7?,9-,10-/m1/s1. The van der Waals surface area contributed by atoms with Crippen molar-refractivity contribution in [2.24, 2.45) is 16.6 Å². The highest BCUT2D eigenvalue weighted by Crippen LogP contribution is 2.44. The number of amides is 1. The average molecular weight is 313 g/mol. The number of aliphatic hydroxyl groups is 1. The fraction of sp³-hybridized carbons (Fsp3) is 0.615. The fourth-order valence-electron chi connectivity index (χ4n) is 2.88. The summed E-state index contributed by atoms with van der Waals surface area (Å²) < 4.78 is 0. The molecule has 0 saturated carbocycles. The monoisotopic (exact) mass is 313 g/mol. The van der Waals surface area contributed by atoms with Gasteiger partial charge in [0, 0.05) is 18.1 Å². The predicted octanol–water partition coefficient (Wildman–Crippen LogP) is -0.343. The third-order valence-electron chi connectivity index (χ3n) is 3.77. The Balaban J connectivity index is 2.03. The van der Waals surface area contributed by atoms with Crippen LogP contribution in [0.25, 0.3) is 0 Å². The Labute approximate surface area is 126 Å². The van der Waals surface area contributed by atoms with Gasteiger partial charge in [-0.1, -0.05) is 0 Å². The highest BCUT2D eigenvalue weighted by atomic mass is 32.2. The van der Waals surface area contributed by atoms with Gasteiger partial charge < -0.3 is 20.8 Å². The van der Waals surface area contributed by atoms with Crippen molar-refractivity contribution in [3.8, 4) is 0 Å². The summed E-state index contributed by atoms with van der Waals surface area (Å²) in [5.74, 6) is -0.564. The van der Waals surface area contributed by atoms with E-state index >= 15 is 0 Å². The van der Waals surface area contributed by atoms with Gasteiger partial charge in [0.1, 0.15) is 5.70 Å². The molecule has 1 unspecified atom stereocenters. The molecule has 3 atom stereocenters. The fourth-order valence-corrected chi connectivity index (χ4v) is 3.76. The Morgan fingerprint density at radius 3 is 2.95 bits per heavy atom. The maximum atomic E-state index is 12.0. The zero-order valence-corrected chi connectivity index (χ0v) is 12.5. The number of hydrogen-bond donors (Lipinski definition) is 3. The molecule has 21 heavy (non-hydrogen) atoms. The SMILES string of the molecule is CC(O)[C@H]1C(=O)N2C(C(=O)O)=C(CSCCN=CN)C[C@H]12. The van der Waals surface area contributed by atoms with Crippen LogP contribution in [0, 0.1) is 5.92 Å². The van der Waals surface area contributed by atoms with E-state index in [1.807, 2.05) is 0 Å². The van der Waals surface area contributed by atoms with Crippen LogP contribution in [0.1, 0.15) is 13.3 Å². The molecule has 2 rings (SSSR count). The number of aliphatic carboxylic acids is 1. The summed E-state index contributed by atoms with van der Waals surface area (Å²) in [6, 6.07) is -0.207. The van der Waals surface area contributed by atoms with E-state index < -0.39 is 18.0 Å². The van der Waals surface area contributed by atoms with Crippen LogP contribution in [0.2, 0.25) is 0 Å². The van der Waals surface area contributed by atoms with Crippen molar-refractivity contribution in [3.63, 3.8) is 0 Å². The summed E-state index contributed by atoms with van der Waals surface area (Å²) in [7, 11) is 0. The molecule has 0 aliphatic carbocycles. The summed E-state index contributed by atoms with van der Waals surface area (Å²) >= 11 is 1.56. The number of thioether (sulfide) groups is 1. The van der Waals surface area contributed by atoms with Crippen molar-refractivity contribution in [2.45, 2.75) is 25.5 Å². The maximum absolute atomic E-state index is 12.0. The number of nitrogens with zero attached hydrogens (tertiary/aromatic N) is 2. The molecule has 0 spiro atoms. The van der Waals surface area contributed by atoms with Crippen molar-refractivity contribution in [3.05, 3.63) is 11.3 Å². The Kier molecular flexibility index (Phi) is 4.89. The van der Waals surface area contributed by atoms with Crippen LogP contribution in [0.3, 0.4) is 0 Å². The number of carboxylic acid groups (broad SMARTS) is 1. The van der Waals surface area contributed by atoms with Crippen molar-refractivity contribution in [1.82, 2.24) is 4.90 Å². The number of aliphatic imine (C=N–C) groups is 1. The van der Waals surface area contributed by atoms with Crippen LogP contribution >= 0.6 is 11.8 Å². The number of carbonyl (C=O) groups excluding carboxylic acids is 1. The number of carbonyl (C=O) groups is 2. The Bertz CT molecular complexity index is 504. The number of β-lactam (4-membered cyclic amide) rings is 1. The van der Waals surface area contributed by atoms with Crippen molar-refractivity contribution >= 4 is 30.0 Å². The Morgan fingerprint density at radius 2 is 2.38 bits per heavy atom. The first-order valence-electron chi connectivity index (χ1n) is 6.73. The summed E-state index contributed by atoms with van der Waals surface area (Å²) in [6.45, 7) is 2.15. The zero-order valence-electron chi connectivity index (χ0n) is 11.7.